The summed E-state index contributed by atoms with van der Waals surface area (Å²) in [5, 5.41) is 72.0. The number of aliphatic hydroxyl groups excluding tert-OH is 7. The summed E-state index contributed by atoms with van der Waals surface area (Å²) in [7, 11) is -10.0. The number of hydrogen-bond acceptors (Lipinski definition) is 23. The van der Waals surface area contributed by atoms with E-state index in [-0.39, 0.29) is 118 Å². The van der Waals surface area contributed by atoms with Crippen LogP contribution in [-0.2, 0) is 67.1 Å². The van der Waals surface area contributed by atoms with Gasteiger partial charge in [-0.05, 0) is 0 Å². The molecule has 0 spiro atoms. The van der Waals surface area contributed by atoms with Gasteiger partial charge in [-0.25, -0.2) is 16.8 Å². The van der Waals surface area contributed by atoms with Crippen molar-refractivity contribution in [1.82, 2.24) is 0 Å². The minimum Gasteiger partial charge on any atom is -0.726 e. The number of hydrogen-bond donors (Lipinski definition) is 7. The van der Waals surface area contributed by atoms with Crippen molar-refractivity contribution in [3.8, 4) is 0 Å². The van der Waals surface area contributed by atoms with Gasteiger partial charge >= 0.3 is 118 Å². The molecule has 0 amide bonds. The normalized spacial score (nSPS) is 43.0. The third kappa shape index (κ3) is 14.6. The van der Waals surface area contributed by atoms with Crippen molar-refractivity contribution in [1.29, 1.82) is 0 Å². The maximum Gasteiger partial charge on any atom is 1.00 e. The molecule has 292 valence electrons. The average Bonchev–Trinajstić information content (AvgIpc) is 3.04. The summed E-state index contributed by atoms with van der Waals surface area (Å²) in [4.78, 5) is 0. The van der Waals surface area contributed by atoms with Crippen LogP contribution in [0, 0.1) is 13.2 Å². The van der Waals surface area contributed by atoms with E-state index >= 15 is 0 Å². The van der Waals surface area contributed by atoms with Crippen LogP contribution in [0.25, 0.3) is 11.5 Å². The Balaban J connectivity index is 0.00000702. The van der Waals surface area contributed by atoms with Crippen LogP contribution in [0.15, 0.2) is 0 Å². The Bertz CT molecular complexity index is 1330. The number of methoxy groups -OCH3 is 1. The first-order chi connectivity index (χ1) is 23.3. The van der Waals surface area contributed by atoms with Gasteiger partial charge in [0.2, 0.25) is 20.8 Å². The van der Waals surface area contributed by atoms with E-state index in [9.17, 15) is 61.7 Å². The van der Waals surface area contributed by atoms with Crippen LogP contribution in [-0.4, -0.2) is 193 Å². The summed E-state index contributed by atoms with van der Waals surface area (Å²) in [6, 6.07) is -3.63. The van der Waals surface area contributed by atoms with Gasteiger partial charge in [0, 0.05) is 7.11 Å². The Morgan fingerprint density at radius 3 is 1.43 bits per heavy atom. The van der Waals surface area contributed by atoms with Crippen LogP contribution < -0.4 is 118 Å². The van der Waals surface area contributed by atoms with Crippen molar-refractivity contribution in [3.63, 3.8) is 0 Å². The maximum absolute atomic E-state index is 11.6. The minimum absolute atomic E-state index is 0. The van der Waals surface area contributed by atoms with Gasteiger partial charge in [0.15, 0.2) is 24.8 Å². The van der Waals surface area contributed by atoms with E-state index in [1.165, 1.54) is 0 Å². The van der Waals surface area contributed by atoms with E-state index in [1.807, 2.05) is 0 Å². The number of rotatable bonds is 13. The molecule has 4 rings (SSSR count). The number of nitrogens with one attached hydrogen (secondary N) is 2. The summed E-state index contributed by atoms with van der Waals surface area (Å²) >= 11 is 0. The molecule has 4 saturated heterocycles. The molecule has 9 N–H and O–H groups in total. The Kier molecular flexibility index (Phi) is 26.0. The van der Waals surface area contributed by atoms with Gasteiger partial charge < -0.3 is 94.2 Å². The first kappa shape index (κ1) is 57.1. The quantitative estimate of drug-likeness (QED) is 0.0513. The Labute approximate surface area is 397 Å². The number of ether oxygens (including phenoxy) is 8. The molecule has 0 bridgehead atoms. The van der Waals surface area contributed by atoms with E-state index in [1.54, 1.807) is 0 Å². The molecule has 4 heterocycles. The van der Waals surface area contributed by atoms with Crippen molar-refractivity contribution in [2.45, 2.75) is 110 Å². The molecule has 0 saturated carbocycles. The minimum atomic E-state index is -5.65. The van der Waals surface area contributed by atoms with Gasteiger partial charge in [-0.15, -0.1) is 0 Å². The second-order valence-electron chi connectivity index (χ2n) is 11.2. The summed E-state index contributed by atoms with van der Waals surface area (Å²) in [6.07, 6.45) is -29.7. The molecule has 0 aromatic rings. The van der Waals surface area contributed by atoms with Crippen molar-refractivity contribution in [2.24, 2.45) is 0 Å². The molecule has 18 atom stereocenters. The third-order valence-electron chi connectivity index (χ3n) is 7.87. The Morgan fingerprint density at radius 1 is 0.593 bits per heavy atom. The standard InChI is InChI=1S/C23H38N2O23S2.4Na/c1-39-22-18(47-49(33,34)35)13(29)8(4-40-22)45-21-11(25)16(32)17(7(3-27)43-21)46-23-19(48-50(36,37)38)14(30)9(5-41-23)44-20-10(24)15(31)12(28)6(2-26)42-20;;;;/h4-32H,2-3H2,1H3,(H,33,34,35)(H,36,37,38);;;;/q-2;4*+1/p-2/t6?,7?,8-,9+,10?,11?,12+,13?,14+,15-,16-,17+,18?,19?,20+,21+,22+,23+;;;;/m1..../s1. The van der Waals surface area contributed by atoms with Crippen LogP contribution in [0.5, 0.6) is 0 Å². The molecule has 7 unspecified atom stereocenters. The first-order valence-corrected chi connectivity index (χ1v) is 17.1. The predicted molar refractivity (Wildman–Crippen MR) is 147 cm³/mol. The molecular formula is C23H36N2Na4O23S2. The molecular weight excluding hydrogens is 828 g/mol. The zero-order chi connectivity index (χ0) is 37.3. The average molecular weight is 865 g/mol. The third-order valence-corrected chi connectivity index (χ3v) is 8.79. The fraction of sp³-hybridized carbons (Fsp3) is 0.913. The van der Waals surface area contributed by atoms with Crippen LogP contribution in [0.3, 0.4) is 0 Å². The predicted octanol–water partition coefficient (Wildman–Crippen LogP) is -18.4. The van der Waals surface area contributed by atoms with E-state index in [2.05, 4.69) is 8.37 Å². The maximum atomic E-state index is 11.6. The monoisotopic (exact) mass is 864 g/mol. The smallest absolute Gasteiger partial charge is 0.726 e. The number of aliphatic hydroxyl groups is 7. The van der Waals surface area contributed by atoms with Gasteiger partial charge in [-0.3, -0.25) is 8.37 Å². The van der Waals surface area contributed by atoms with Crippen molar-refractivity contribution in [3.05, 3.63) is 24.7 Å². The second kappa shape index (κ2) is 24.6. The van der Waals surface area contributed by atoms with Crippen LogP contribution in [0.4, 0.5) is 0 Å². The molecule has 4 aliphatic rings. The topological polar surface area (TPSA) is 396 Å². The largest absolute Gasteiger partial charge is 1.00 e. The van der Waals surface area contributed by atoms with Crippen molar-refractivity contribution < 1.29 is 226 Å². The summed E-state index contributed by atoms with van der Waals surface area (Å²) in [5.74, 6) is 0. The SMILES string of the molecule is CO[C@H]1O[CH][C@@H](O[C@@H]2OC(CO)[C@H](O[C@@H]3O[CH][C@H](O[C@@H]4OC(CO)[C@H](O)[C@H](O)C4[NH-])[C@H](O)C3OS(=O)(=O)[O-])[C@H](O)C2[NH-])C(O)C1OS(=O)(=O)[O-].[Na+].[Na+].[Na+].[Na+]. The molecule has 0 aromatic heterocycles. The fourth-order valence-electron chi connectivity index (χ4n) is 5.34. The van der Waals surface area contributed by atoms with Gasteiger partial charge in [0.25, 0.3) is 0 Å². The van der Waals surface area contributed by atoms with E-state index in [4.69, 9.17) is 49.4 Å². The first-order valence-electron chi connectivity index (χ1n) is 14.4. The van der Waals surface area contributed by atoms with Crippen molar-refractivity contribution in [2.75, 3.05) is 20.3 Å². The van der Waals surface area contributed by atoms with E-state index in [0.717, 1.165) is 13.7 Å². The zero-order valence-corrected chi connectivity index (χ0v) is 39.1. The molecule has 25 nitrogen and oxygen atoms in total. The molecule has 0 aliphatic carbocycles. The van der Waals surface area contributed by atoms with E-state index < -0.39 is 145 Å². The van der Waals surface area contributed by atoms with Gasteiger partial charge in [0.1, 0.15) is 74.6 Å². The summed E-state index contributed by atoms with van der Waals surface area (Å²) < 4.78 is 119. The second-order valence-corrected chi connectivity index (χ2v) is 13.2. The molecule has 4 fully saturated rings. The fourth-order valence-corrected chi connectivity index (χ4v) is 6.29. The van der Waals surface area contributed by atoms with Crippen LogP contribution in [0.1, 0.15) is 0 Å². The molecule has 0 aromatic carbocycles. The van der Waals surface area contributed by atoms with Gasteiger partial charge in [-0.2, -0.15) is 0 Å². The van der Waals surface area contributed by atoms with Gasteiger partial charge in [0.05, 0.1) is 25.4 Å². The molecule has 54 heavy (non-hydrogen) atoms. The van der Waals surface area contributed by atoms with Crippen LogP contribution >= 0.6 is 0 Å². The Hall–Kier alpha value is 3.06. The Morgan fingerprint density at radius 2 is 1.00 bits per heavy atom. The molecule has 31 heteroatoms. The van der Waals surface area contributed by atoms with Crippen molar-refractivity contribution >= 4 is 20.8 Å². The zero-order valence-electron chi connectivity index (χ0n) is 29.4. The summed E-state index contributed by atoms with van der Waals surface area (Å²) in [6.45, 7) is -0.360. The van der Waals surface area contributed by atoms with Gasteiger partial charge in [-0.1, -0.05) is 12.1 Å². The molecule has 2 radical (unpaired) electrons. The van der Waals surface area contributed by atoms with Crippen LogP contribution in [0.2, 0.25) is 0 Å². The summed E-state index contributed by atoms with van der Waals surface area (Å²) in [5.41, 5.74) is 16.4. The van der Waals surface area contributed by atoms with E-state index in [0.29, 0.717) is 6.61 Å². The molecule has 4 aliphatic heterocycles.